The van der Waals surface area contributed by atoms with Crippen LogP contribution in [0.5, 0.6) is 0 Å². The van der Waals surface area contributed by atoms with E-state index in [9.17, 15) is 9.59 Å². The van der Waals surface area contributed by atoms with Crippen LogP contribution in [-0.2, 0) is 11.3 Å². The summed E-state index contributed by atoms with van der Waals surface area (Å²) in [5.74, 6) is 0.324. The van der Waals surface area contributed by atoms with Gasteiger partial charge in [-0.1, -0.05) is 47.1 Å². The van der Waals surface area contributed by atoms with E-state index in [0.29, 0.717) is 37.6 Å². The second-order valence-corrected chi connectivity index (χ2v) is 8.91. The minimum atomic E-state index is -0.564. The summed E-state index contributed by atoms with van der Waals surface area (Å²) in [5.41, 5.74) is 0.789. The number of fused-ring (bicyclic) bond motifs is 1. The standard InChI is InChI=1S/C22H17Cl2N3O3S/c1-13(20(28)25-19-11-14(23)8-9-17(19)24)31-22-26-18-7-3-2-6-16(18)21(29)27(22)12-15-5-4-10-30-15/h2-11,13H,12H2,1H3,(H,25,28). The van der Waals surface area contributed by atoms with Crippen molar-refractivity contribution in [2.45, 2.75) is 23.9 Å². The third-order valence-corrected chi connectivity index (χ3v) is 6.21. The van der Waals surface area contributed by atoms with Gasteiger partial charge in [-0.15, -0.1) is 0 Å². The molecule has 0 saturated carbocycles. The molecule has 2 aromatic carbocycles. The highest BCUT2D eigenvalue weighted by Gasteiger charge is 2.21. The van der Waals surface area contributed by atoms with E-state index in [4.69, 9.17) is 27.6 Å². The lowest BCUT2D eigenvalue weighted by molar-refractivity contribution is -0.115. The Morgan fingerprint density at radius 1 is 1.19 bits per heavy atom. The number of amides is 1. The van der Waals surface area contributed by atoms with Gasteiger partial charge in [-0.25, -0.2) is 4.98 Å². The van der Waals surface area contributed by atoms with Crippen molar-refractivity contribution in [3.05, 3.63) is 87.0 Å². The molecule has 0 radical (unpaired) electrons. The van der Waals surface area contributed by atoms with Crippen molar-refractivity contribution in [1.29, 1.82) is 0 Å². The van der Waals surface area contributed by atoms with E-state index in [-0.39, 0.29) is 18.0 Å². The van der Waals surface area contributed by atoms with Gasteiger partial charge >= 0.3 is 0 Å². The Bertz CT molecular complexity index is 1310. The number of rotatable bonds is 6. The summed E-state index contributed by atoms with van der Waals surface area (Å²) in [7, 11) is 0. The number of hydrogen-bond acceptors (Lipinski definition) is 5. The zero-order chi connectivity index (χ0) is 22.0. The van der Waals surface area contributed by atoms with Gasteiger partial charge in [0, 0.05) is 5.02 Å². The van der Waals surface area contributed by atoms with Crippen LogP contribution in [-0.4, -0.2) is 20.7 Å². The number of nitrogens with one attached hydrogen (secondary N) is 1. The van der Waals surface area contributed by atoms with Crippen molar-refractivity contribution >= 4 is 57.5 Å². The number of thioether (sulfide) groups is 1. The lowest BCUT2D eigenvalue weighted by Crippen LogP contribution is -2.27. The number of nitrogens with zero attached hydrogens (tertiary/aromatic N) is 2. The van der Waals surface area contributed by atoms with E-state index in [0.717, 1.165) is 0 Å². The molecule has 0 aliphatic carbocycles. The highest BCUT2D eigenvalue weighted by Crippen LogP contribution is 2.28. The third-order valence-electron chi connectivity index (χ3n) is 4.56. The smallest absolute Gasteiger partial charge is 0.262 e. The average molecular weight is 474 g/mol. The molecule has 4 rings (SSSR count). The number of benzene rings is 2. The second kappa shape index (κ2) is 9.18. The molecule has 9 heteroatoms. The molecule has 0 aliphatic heterocycles. The molecule has 2 heterocycles. The lowest BCUT2D eigenvalue weighted by atomic mass is 10.2. The van der Waals surface area contributed by atoms with Gasteiger partial charge in [-0.05, 0) is 49.4 Å². The first kappa shape index (κ1) is 21.5. The van der Waals surface area contributed by atoms with Gasteiger partial charge in [0.05, 0.1) is 39.7 Å². The maximum Gasteiger partial charge on any atom is 0.262 e. The van der Waals surface area contributed by atoms with E-state index in [2.05, 4.69) is 10.3 Å². The van der Waals surface area contributed by atoms with Crippen molar-refractivity contribution in [1.82, 2.24) is 9.55 Å². The molecule has 1 amide bonds. The molecular weight excluding hydrogens is 457 g/mol. The second-order valence-electron chi connectivity index (χ2n) is 6.76. The molecule has 2 aromatic heterocycles. The molecule has 1 N–H and O–H groups in total. The van der Waals surface area contributed by atoms with Crippen molar-refractivity contribution < 1.29 is 9.21 Å². The number of hydrogen-bond donors (Lipinski definition) is 1. The van der Waals surface area contributed by atoms with Crippen LogP contribution in [0.15, 0.2) is 75.2 Å². The topological polar surface area (TPSA) is 77.1 Å². The fourth-order valence-electron chi connectivity index (χ4n) is 2.97. The van der Waals surface area contributed by atoms with Crippen molar-refractivity contribution in [2.75, 3.05) is 5.32 Å². The Balaban J connectivity index is 1.65. The maximum atomic E-state index is 13.1. The first-order chi connectivity index (χ1) is 14.9. The molecule has 0 saturated heterocycles. The number of furan rings is 1. The Labute approximate surface area is 192 Å². The number of carbonyl (C=O) groups excluding carboxylic acids is 1. The van der Waals surface area contributed by atoms with E-state index in [1.54, 1.807) is 61.7 Å². The van der Waals surface area contributed by atoms with E-state index in [1.165, 1.54) is 16.3 Å². The zero-order valence-electron chi connectivity index (χ0n) is 16.3. The minimum Gasteiger partial charge on any atom is -0.467 e. The van der Waals surface area contributed by atoms with Gasteiger partial charge in [0.1, 0.15) is 5.76 Å². The van der Waals surface area contributed by atoms with Crippen LogP contribution in [0.2, 0.25) is 10.0 Å². The molecule has 6 nitrogen and oxygen atoms in total. The molecule has 0 spiro atoms. The monoisotopic (exact) mass is 473 g/mol. The molecule has 0 bridgehead atoms. The van der Waals surface area contributed by atoms with Gasteiger partial charge in [-0.3, -0.25) is 14.2 Å². The van der Waals surface area contributed by atoms with Gasteiger partial charge in [0.25, 0.3) is 5.56 Å². The van der Waals surface area contributed by atoms with Crippen molar-refractivity contribution in [3.8, 4) is 0 Å². The molecule has 158 valence electrons. The maximum absolute atomic E-state index is 13.1. The summed E-state index contributed by atoms with van der Waals surface area (Å²) in [6.45, 7) is 1.94. The van der Waals surface area contributed by atoms with E-state index in [1.807, 2.05) is 6.07 Å². The predicted molar refractivity (Wildman–Crippen MR) is 124 cm³/mol. The summed E-state index contributed by atoms with van der Waals surface area (Å²) in [4.78, 5) is 30.6. The average Bonchev–Trinajstić information content (AvgIpc) is 3.26. The summed E-state index contributed by atoms with van der Waals surface area (Å²) in [5, 5.41) is 3.98. The Morgan fingerprint density at radius 3 is 2.77 bits per heavy atom. The normalized spacial score (nSPS) is 12.1. The van der Waals surface area contributed by atoms with Crippen molar-refractivity contribution in [2.24, 2.45) is 0 Å². The van der Waals surface area contributed by atoms with Crippen molar-refractivity contribution in [3.63, 3.8) is 0 Å². The number of aromatic nitrogens is 2. The molecule has 4 aromatic rings. The quantitative estimate of drug-likeness (QED) is 0.297. The first-order valence-electron chi connectivity index (χ1n) is 9.37. The molecule has 31 heavy (non-hydrogen) atoms. The lowest BCUT2D eigenvalue weighted by Gasteiger charge is -2.16. The van der Waals surface area contributed by atoms with Gasteiger partial charge in [-0.2, -0.15) is 0 Å². The molecular formula is C22H17Cl2N3O3S. The fourth-order valence-corrected chi connectivity index (χ4v) is 4.22. The highest BCUT2D eigenvalue weighted by molar-refractivity contribution is 8.00. The van der Waals surface area contributed by atoms with Gasteiger partial charge in [0.15, 0.2) is 5.16 Å². The summed E-state index contributed by atoms with van der Waals surface area (Å²) < 4.78 is 6.93. The summed E-state index contributed by atoms with van der Waals surface area (Å²) in [6.07, 6.45) is 1.55. The van der Waals surface area contributed by atoms with E-state index < -0.39 is 5.25 Å². The largest absolute Gasteiger partial charge is 0.467 e. The Hall–Kier alpha value is -2.74. The summed E-state index contributed by atoms with van der Waals surface area (Å²) >= 11 is 13.3. The van der Waals surface area contributed by atoms with E-state index >= 15 is 0 Å². The van der Waals surface area contributed by atoms with Crippen LogP contribution < -0.4 is 10.9 Å². The number of halogens is 2. The van der Waals surface area contributed by atoms with Gasteiger partial charge < -0.3 is 9.73 Å². The number of anilines is 1. The summed E-state index contributed by atoms with van der Waals surface area (Å²) in [6, 6.07) is 15.5. The Morgan fingerprint density at radius 2 is 2.00 bits per heavy atom. The third kappa shape index (κ3) is 4.79. The predicted octanol–water partition coefficient (Wildman–Crippen LogP) is 5.46. The first-order valence-corrected chi connectivity index (χ1v) is 11.0. The van der Waals surface area contributed by atoms with Crippen LogP contribution in [0.25, 0.3) is 10.9 Å². The minimum absolute atomic E-state index is 0.199. The zero-order valence-corrected chi connectivity index (χ0v) is 18.7. The Kier molecular flexibility index (Phi) is 6.36. The van der Waals surface area contributed by atoms with Crippen LogP contribution in [0.4, 0.5) is 5.69 Å². The van der Waals surface area contributed by atoms with Gasteiger partial charge in [0.2, 0.25) is 5.91 Å². The van der Waals surface area contributed by atoms with Crippen LogP contribution >= 0.6 is 35.0 Å². The molecule has 0 fully saturated rings. The number of carbonyl (C=O) groups is 1. The molecule has 1 unspecified atom stereocenters. The molecule has 0 aliphatic rings. The highest BCUT2D eigenvalue weighted by atomic mass is 35.5. The molecule has 1 atom stereocenters. The van der Waals surface area contributed by atoms with Crippen LogP contribution in [0.1, 0.15) is 12.7 Å². The number of para-hydroxylation sites is 1. The fraction of sp³-hybridized carbons (Fsp3) is 0.136. The van der Waals surface area contributed by atoms with Crippen LogP contribution in [0, 0.1) is 0 Å². The van der Waals surface area contributed by atoms with Crippen LogP contribution in [0.3, 0.4) is 0 Å². The SMILES string of the molecule is CC(Sc1nc2ccccc2c(=O)n1Cc1ccco1)C(=O)Nc1cc(Cl)ccc1Cl.